The second-order valence-electron chi connectivity index (χ2n) is 9.84. The van der Waals surface area contributed by atoms with Crippen molar-refractivity contribution in [3.8, 4) is 0 Å². The Morgan fingerprint density at radius 1 is 0.500 bits per heavy atom. The van der Waals surface area contributed by atoms with Gasteiger partial charge in [0, 0.05) is 20.9 Å². The van der Waals surface area contributed by atoms with Crippen LogP contribution in [0.1, 0.15) is 12.8 Å². The van der Waals surface area contributed by atoms with E-state index in [9.17, 15) is 70.2 Å². The molecule has 0 rings (SSSR count). The Labute approximate surface area is 227 Å². The van der Waals surface area contributed by atoms with E-state index in [-0.39, 0.29) is 0 Å². The summed E-state index contributed by atoms with van der Waals surface area (Å²) in [5.41, 5.74) is 0. The fraction of sp³-hybridized carbons (Fsp3) is 1.00. The molecule has 0 heterocycles. The lowest BCUT2D eigenvalue weighted by Crippen LogP contribution is -2.61. The van der Waals surface area contributed by atoms with Gasteiger partial charge < -0.3 is 4.74 Å². The Morgan fingerprint density at radius 3 is 1.12 bits per heavy atom. The van der Waals surface area contributed by atoms with Crippen molar-refractivity contribution < 1.29 is 84.5 Å². The second kappa shape index (κ2) is 12.0. The number of rotatable bonds is 14. The second-order valence-corrected chi connectivity index (χ2v) is 23.7. The predicted molar refractivity (Wildman–Crippen MR) is 113 cm³/mol. The molecule has 0 saturated carbocycles. The number of halogens is 18. The van der Waals surface area contributed by atoms with Crippen LogP contribution in [0.2, 0.25) is 38.3 Å². The van der Waals surface area contributed by atoms with Crippen LogP contribution in [0.25, 0.3) is 0 Å². The van der Waals surface area contributed by atoms with Gasteiger partial charge in [-0.05, 0) is 12.6 Å². The van der Waals surface area contributed by atoms with Crippen molar-refractivity contribution in [1.82, 2.24) is 0 Å². The molecule has 0 aromatic rings. The summed E-state index contributed by atoms with van der Waals surface area (Å²) in [6.07, 6.45) is -38.2. The first-order valence-corrected chi connectivity index (χ1v) is 18.9. The molecule has 0 bridgehead atoms. The molecule has 0 saturated heterocycles. The van der Waals surface area contributed by atoms with Crippen LogP contribution in [-0.4, -0.2) is 69.7 Å². The average molecular weight is 705 g/mol. The molecule has 23 heteroatoms. The fourth-order valence-corrected chi connectivity index (χ4v) is 4.76. The average Bonchev–Trinajstić information content (AvgIpc) is 2.65. The summed E-state index contributed by atoms with van der Waals surface area (Å²) in [6.45, 7) is -2.38. The van der Waals surface area contributed by atoms with E-state index < -0.39 is 94.6 Å². The van der Waals surface area contributed by atoms with Gasteiger partial charge in [0.05, 0.1) is 0 Å². The zero-order valence-electron chi connectivity index (χ0n) is 20.6. The third kappa shape index (κ3) is 10.8. The minimum Gasteiger partial charge on any atom is -0.333 e. The highest BCUT2D eigenvalue weighted by Crippen LogP contribution is 2.51. The molecule has 3 nitrogen and oxygen atoms in total. The third-order valence-corrected chi connectivity index (χ3v) is 8.77. The van der Waals surface area contributed by atoms with Gasteiger partial charge >= 0.3 is 48.3 Å². The number of hydrogen-bond donors (Lipinski definition) is 0. The standard InChI is InChI=1S/C17H22Cl2F16O3Si2/c1-39(2,3)7-5-10(20,13(23,24)25)36-9-12(22,15(29,30)31)38-17(34,35)16(32,33)37-11(21,14(26,27)28)6-8-40(4,18)19/h5-9H2,1-4H3. The molecule has 0 aliphatic rings. The van der Waals surface area contributed by atoms with Crippen molar-refractivity contribution in [2.24, 2.45) is 0 Å². The maximum absolute atomic E-state index is 14.5. The summed E-state index contributed by atoms with van der Waals surface area (Å²) in [4.78, 5) is 0. The van der Waals surface area contributed by atoms with Crippen molar-refractivity contribution >= 4 is 36.9 Å². The summed E-state index contributed by atoms with van der Waals surface area (Å²) < 4.78 is 225. The topological polar surface area (TPSA) is 27.7 Å². The van der Waals surface area contributed by atoms with Gasteiger partial charge in [0.2, 0.25) is 6.69 Å². The quantitative estimate of drug-likeness (QED) is 0.102. The summed E-state index contributed by atoms with van der Waals surface area (Å²) in [5, 5.41) is 0. The first-order valence-electron chi connectivity index (χ1n) is 10.5. The van der Waals surface area contributed by atoms with Gasteiger partial charge in [0.25, 0.3) is 0 Å². The molecule has 0 radical (unpaired) electrons. The van der Waals surface area contributed by atoms with Crippen LogP contribution >= 0.6 is 22.2 Å². The molecule has 3 atom stereocenters. The molecule has 0 N–H and O–H groups in total. The van der Waals surface area contributed by atoms with Crippen molar-refractivity contribution in [2.45, 2.75) is 99.4 Å². The molecule has 0 amide bonds. The number of ether oxygens (including phenoxy) is 3. The molecule has 0 spiro atoms. The van der Waals surface area contributed by atoms with E-state index in [0.717, 1.165) is 6.55 Å². The molecule has 0 fully saturated rings. The highest BCUT2D eigenvalue weighted by molar-refractivity contribution is 7.44. The number of alkyl halides is 16. The number of hydrogen-bond acceptors (Lipinski definition) is 3. The van der Waals surface area contributed by atoms with Crippen LogP contribution in [0, 0.1) is 0 Å². The van der Waals surface area contributed by atoms with Gasteiger partial charge in [-0.2, -0.15) is 61.5 Å². The van der Waals surface area contributed by atoms with Gasteiger partial charge in [-0.15, -0.1) is 22.2 Å². The van der Waals surface area contributed by atoms with Gasteiger partial charge in [0.1, 0.15) is 6.61 Å². The SMILES string of the molecule is C[Si](C)(C)CCC(F)(OCC(F)(OC(F)(F)C(F)(F)OC(F)(CC[Si](C)(Cl)Cl)C(F)(F)F)C(F)(F)F)C(F)(F)F. The van der Waals surface area contributed by atoms with E-state index in [4.69, 9.17) is 22.2 Å². The van der Waals surface area contributed by atoms with E-state index in [1.54, 1.807) is 0 Å². The van der Waals surface area contributed by atoms with Crippen molar-refractivity contribution in [3.05, 3.63) is 0 Å². The molecular formula is C17H22Cl2F16O3Si2. The molecule has 3 unspecified atom stereocenters. The Kier molecular flexibility index (Phi) is 12.0. The minimum atomic E-state index is -7.19. The maximum atomic E-state index is 14.5. The Hall–Kier alpha value is -0.226. The highest BCUT2D eigenvalue weighted by Gasteiger charge is 2.74. The molecular weight excluding hydrogens is 683 g/mol. The first-order chi connectivity index (χ1) is 17.0. The zero-order chi connectivity index (χ0) is 32.7. The monoisotopic (exact) mass is 704 g/mol. The van der Waals surface area contributed by atoms with Crippen LogP contribution in [0.3, 0.4) is 0 Å². The van der Waals surface area contributed by atoms with Crippen molar-refractivity contribution in [2.75, 3.05) is 6.61 Å². The van der Waals surface area contributed by atoms with Crippen LogP contribution < -0.4 is 0 Å². The van der Waals surface area contributed by atoms with Crippen LogP contribution in [-0.2, 0) is 14.2 Å². The lowest BCUT2D eigenvalue weighted by molar-refractivity contribution is -0.527. The van der Waals surface area contributed by atoms with Crippen LogP contribution in [0.5, 0.6) is 0 Å². The van der Waals surface area contributed by atoms with Gasteiger partial charge in [-0.1, -0.05) is 25.7 Å². The fourth-order valence-electron chi connectivity index (χ4n) is 2.36. The molecule has 0 aromatic heterocycles. The molecule has 242 valence electrons. The lowest BCUT2D eigenvalue weighted by Gasteiger charge is -2.38. The summed E-state index contributed by atoms with van der Waals surface area (Å²) in [7, 11) is -2.62. The predicted octanol–water partition coefficient (Wildman–Crippen LogP) is 9.57. The minimum absolute atomic E-state index is 0.681. The molecule has 0 aliphatic carbocycles. The molecule has 0 aromatic carbocycles. The van der Waals surface area contributed by atoms with Crippen molar-refractivity contribution in [3.63, 3.8) is 0 Å². The van der Waals surface area contributed by atoms with E-state index in [1.807, 2.05) is 0 Å². The largest absolute Gasteiger partial charge is 0.451 e. The Morgan fingerprint density at radius 2 is 0.825 bits per heavy atom. The van der Waals surface area contributed by atoms with Crippen molar-refractivity contribution in [1.29, 1.82) is 0 Å². The highest BCUT2D eigenvalue weighted by atomic mass is 35.7. The van der Waals surface area contributed by atoms with E-state index in [1.165, 1.54) is 19.6 Å². The van der Waals surface area contributed by atoms with Gasteiger partial charge in [-0.25, -0.2) is 8.78 Å². The molecule has 40 heavy (non-hydrogen) atoms. The Balaban J connectivity index is 6.32. The normalized spacial score (nSPS) is 19.6. The molecule has 0 aliphatic heterocycles. The van der Waals surface area contributed by atoms with Crippen LogP contribution in [0.4, 0.5) is 70.2 Å². The van der Waals surface area contributed by atoms with Crippen LogP contribution in [0.15, 0.2) is 0 Å². The van der Waals surface area contributed by atoms with Gasteiger partial charge in [-0.3, -0.25) is 9.47 Å². The third-order valence-electron chi connectivity index (χ3n) is 4.76. The summed E-state index contributed by atoms with van der Waals surface area (Å²) in [5.74, 6) is -17.4. The van der Waals surface area contributed by atoms with E-state index >= 15 is 0 Å². The van der Waals surface area contributed by atoms with E-state index in [0.29, 0.717) is 0 Å². The lowest BCUT2D eigenvalue weighted by atomic mass is 10.2. The Bertz CT molecular complexity index is 843. The van der Waals surface area contributed by atoms with Gasteiger partial charge in [0.15, 0.2) is 0 Å². The maximum Gasteiger partial charge on any atom is 0.451 e. The summed E-state index contributed by atoms with van der Waals surface area (Å²) in [6, 6.07) is -1.98. The zero-order valence-corrected chi connectivity index (χ0v) is 24.1. The first kappa shape index (κ1) is 39.8. The van der Waals surface area contributed by atoms with E-state index in [2.05, 4.69) is 14.2 Å². The summed E-state index contributed by atoms with van der Waals surface area (Å²) >= 11 is 10.8. The smallest absolute Gasteiger partial charge is 0.333 e.